The molecule has 0 aliphatic heterocycles. The van der Waals surface area contributed by atoms with Gasteiger partial charge in [0.1, 0.15) is 10.6 Å². The van der Waals surface area contributed by atoms with Gasteiger partial charge in [0.2, 0.25) is 5.91 Å². The fraction of sp³-hybridized carbons (Fsp3) is 0.174. The number of amides is 1. The van der Waals surface area contributed by atoms with Gasteiger partial charge in [0.05, 0.1) is 21.7 Å². The summed E-state index contributed by atoms with van der Waals surface area (Å²) in [6.07, 6.45) is 0. The molecule has 186 valence electrons. The normalized spacial score (nSPS) is 11.1. The van der Waals surface area contributed by atoms with Crippen molar-refractivity contribution in [2.75, 3.05) is 11.1 Å². The second-order valence-corrected chi connectivity index (χ2v) is 11.4. The number of thioether (sulfide) groups is 1. The van der Waals surface area contributed by atoms with Crippen molar-refractivity contribution in [3.05, 3.63) is 76.5 Å². The number of nitrogens with zero attached hydrogens (tertiary/aromatic N) is 3. The van der Waals surface area contributed by atoms with Crippen LogP contribution >= 0.6 is 55.0 Å². The van der Waals surface area contributed by atoms with Crippen LogP contribution in [0.4, 0.5) is 15.8 Å². The molecule has 36 heavy (non-hydrogen) atoms. The van der Waals surface area contributed by atoms with Gasteiger partial charge in [-0.05, 0) is 63.4 Å². The molecule has 0 spiro atoms. The molecule has 0 atom stereocenters. The minimum Gasteiger partial charge on any atom is -0.323 e. The summed E-state index contributed by atoms with van der Waals surface area (Å²) in [5.41, 5.74) is 1.48. The van der Waals surface area contributed by atoms with E-state index in [1.807, 2.05) is 13.8 Å². The van der Waals surface area contributed by atoms with Crippen molar-refractivity contribution in [1.82, 2.24) is 9.55 Å². The van der Waals surface area contributed by atoms with Crippen LogP contribution in [0.25, 0.3) is 21.3 Å². The van der Waals surface area contributed by atoms with Crippen molar-refractivity contribution in [3.63, 3.8) is 0 Å². The summed E-state index contributed by atoms with van der Waals surface area (Å²) in [6, 6.07) is 8.59. The number of carbonyl (C=O) groups excluding carboxylic acids is 1. The highest BCUT2D eigenvalue weighted by Crippen LogP contribution is 2.37. The van der Waals surface area contributed by atoms with Crippen LogP contribution in [-0.4, -0.2) is 26.1 Å². The first-order chi connectivity index (χ1) is 17.1. The van der Waals surface area contributed by atoms with E-state index in [9.17, 15) is 24.1 Å². The zero-order valence-corrected chi connectivity index (χ0v) is 23.6. The first-order valence-corrected chi connectivity index (χ1v) is 13.9. The summed E-state index contributed by atoms with van der Waals surface area (Å²) in [7, 11) is 0. The summed E-state index contributed by atoms with van der Waals surface area (Å²) < 4.78 is 15.7. The van der Waals surface area contributed by atoms with Gasteiger partial charge < -0.3 is 5.32 Å². The van der Waals surface area contributed by atoms with Crippen molar-refractivity contribution < 1.29 is 14.1 Å². The van der Waals surface area contributed by atoms with Crippen LogP contribution in [-0.2, 0) is 11.3 Å². The molecule has 1 amide bonds. The zero-order valence-electron chi connectivity index (χ0n) is 18.8. The van der Waals surface area contributed by atoms with E-state index < -0.39 is 4.92 Å². The predicted molar refractivity (Wildman–Crippen MR) is 148 cm³/mol. The van der Waals surface area contributed by atoms with Crippen molar-refractivity contribution in [1.29, 1.82) is 0 Å². The second-order valence-electron chi connectivity index (χ2n) is 7.54. The van der Waals surface area contributed by atoms with Crippen LogP contribution in [0.15, 0.2) is 55.3 Å². The van der Waals surface area contributed by atoms with Crippen LogP contribution < -0.4 is 10.9 Å². The van der Waals surface area contributed by atoms with Crippen molar-refractivity contribution >= 4 is 82.5 Å². The topological polar surface area (TPSA) is 107 Å². The molecule has 2 aromatic carbocycles. The van der Waals surface area contributed by atoms with Crippen LogP contribution in [0.2, 0.25) is 0 Å². The SMILES string of the molecule is CCn1c(SCC(=O)Nc2c(Br)cc([N+](=O)[O-])cc2Br)nc2sc(C)c(-c3ccc(F)cc3)c2c1=O. The summed E-state index contributed by atoms with van der Waals surface area (Å²) in [6.45, 7) is 4.06. The lowest BCUT2D eigenvalue weighted by Crippen LogP contribution is -2.23. The van der Waals surface area contributed by atoms with E-state index in [2.05, 4.69) is 42.2 Å². The van der Waals surface area contributed by atoms with Crippen LogP contribution in [0.3, 0.4) is 0 Å². The lowest BCUT2D eigenvalue weighted by molar-refractivity contribution is -0.385. The van der Waals surface area contributed by atoms with Crippen molar-refractivity contribution in [3.8, 4) is 11.1 Å². The number of fused-ring (bicyclic) bond motifs is 1. The molecule has 8 nitrogen and oxygen atoms in total. The maximum atomic E-state index is 13.4. The lowest BCUT2D eigenvalue weighted by atomic mass is 10.0. The average Bonchev–Trinajstić information content (AvgIpc) is 3.16. The molecule has 0 saturated heterocycles. The van der Waals surface area contributed by atoms with E-state index in [0.29, 0.717) is 36.6 Å². The second kappa shape index (κ2) is 10.8. The van der Waals surface area contributed by atoms with E-state index in [1.54, 1.807) is 12.1 Å². The number of hydrogen-bond acceptors (Lipinski definition) is 7. The molecule has 0 fully saturated rings. The third kappa shape index (κ3) is 5.24. The maximum Gasteiger partial charge on any atom is 0.271 e. The molecule has 4 aromatic rings. The van der Waals surface area contributed by atoms with Gasteiger partial charge in [-0.3, -0.25) is 24.3 Å². The molecule has 4 rings (SSSR count). The van der Waals surface area contributed by atoms with Gasteiger partial charge in [-0.15, -0.1) is 11.3 Å². The van der Waals surface area contributed by atoms with E-state index >= 15 is 0 Å². The Hall–Kier alpha value is -2.61. The number of benzene rings is 2. The lowest BCUT2D eigenvalue weighted by Gasteiger charge is -2.12. The summed E-state index contributed by atoms with van der Waals surface area (Å²) in [5.74, 6) is -0.769. The third-order valence-electron chi connectivity index (χ3n) is 5.24. The molecule has 0 unspecified atom stereocenters. The van der Waals surface area contributed by atoms with E-state index in [0.717, 1.165) is 27.8 Å². The number of hydrogen-bond donors (Lipinski definition) is 1. The Balaban J connectivity index is 1.62. The number of anilines is 1. The summed E-state index contributed by atoms with van der Waals surface area (Å²) in [4.78, 5) is 42.7. The van der Waals surface area contributed by atoms with Crippen LogP contribution in [0.1, 0.15) is 11.8 Å². The number of rotatable bonds is 7. The molecular formula is C23H17Br2FN4O4S2. The smallest absolute Gasteiger partial charge is 0.271 e. The number of aryl methyl sites for hydroxylation is 1. The summed E-state index contributed by atoms with van der Waals surface area (Å²) >= 11 is 8.99. The first-order valence-electron chi connectivity index (χ1n) is 10.5. The molecule has 0 bridgehead atoms. The van der Waals surface area contributed by atoms with Gasteiger partial charge in [0.15, 0.2) is 5.16 Å². The fourth-order valence-corrected chi connectivity index (χ4v) is 6.93. The van der Waals surface area contributed by atoms with Crippen LogP contribution in [0, 0.1) is 22.9 Å². The third-order valence-corrected chi connectivity index (χ3v) is 8.46. The predicted octanol–water partition coefficient (Wildman–Crippen LogP) is 6.76. The molecule has 0 radical (unpaired) electrons. The molecule has 0 aliphatic carbocycles. The standard InChI is InChI=1S/C23H17Br2FN4O4S2/c1-3-29-22(32)19-18(12-4-6-13(26)7-5-12)11(2)36-21(19)28-23(29)35-10-17(31)27-20-15(24)8-14(30(33)34)9-16(20)25/h4-9H,3,10H2,1-2H3,(H,27,31). The monoisotopic (exact) mass is 654 g/mol. The van der Waals surface area contributed by atoms with Crippen molar-refractivity contribution in [2.24, 2.45) is 0 Å². The van der Waals surface area contributed by atoms with Gasteiger partial charge >= 0.3 is 0 Å². The van der Waals surface area contributed by atoms with Gasteiger partial charge in [-0.2, -0.15) is 0 Å². The molecule has 1 N–H and O–H groups in total. The Labute approximate surface area is 229 Å². The Kier molecular flexibility index (Phi) is 7.93. The first kappa shape index (κ1) is 26.5. The Morgan fingerprint density at radius 2 is 1.89 bits per heavy atom. The highest BCUT2D eigenvalue weighted by Gasteiger charge is 2.21. The van der Waals surface area contributed by atoms with E-state index in [-0.39, 0.29) is 28.7 Å². The number of carbonyl (C=O) groups is 1. The number of aromatic nitrogens is 2. The van der Waals surface area contributed by atoms with Crippen LogP contribution in [0.5, 0.6) is 0 Å². The molecule has 2 aromatic heterocycles. The number of nitrogens with one attached hydrogen (secondary N) is 1. The minimum absolute atomic E-state index is 0.0387. The number of nitro benzene ring substituents is 1. The highest BCUT2D eigenvalue weighted by molar-refractivity contribution is 9.11. The molecule has 13 heteroatoms. The van der Waals surface area contributed by atoms with Gasteiger partial charge in [-0.1, -0.05) is 23.9 Å². The fourth-order valence-electron chi connectivity index (χ4n) is 3.62. The Bertz CT molecular complexity index is 1550. The summed E-state index contributed by atoms with van der Waals surface area (Å²) in [5, 5.41) is 14.6. The molecule has 0 aliphatic rings. The minimum atomic E-state index is -0.531. The van der Waals surface area contributed by atoms with E-state index in [1.165, 1.54) is 40.2 Å². The number of nitro groups is 1. The molecule has 0 saturated carbocycles. The quantitative estimate of drug-likeness (QED) is 0.102. The van der Waals surface area contributed by atoms with Crippen molar-refractivity contribution in [2.45, 2.75) is 25.5 Å². The Morgan fingerprint density at radius 3 is 2.47 bits per heavy atom. The van der Waals surface area contributed by atoms with E-state index in [4.69, 9.17) is 0 Å². The Morgan fingerprint density at radius 1 is 1.25 bits per heavy atom. The number of halogens is 3. The number of thiophene rings is 1. The van der Waals surface area contributed by atoms with Gasteiger partial charge in [-0.25, -0.2) is 9.37 Å². The maximum absolute atomic E-state index is 13.4. The molecular weight excluding hydrogens is 639 g/mol. The molecule has 2 heterocycles. The van der Waals surface area contributed by atoms with Gasteiger partial charge in [0.25, 0.3) is 11.2 Å². The largest absolute Gasteiger partial charge is 0.323 e. The van der Waals surface area contributed by atoms with Gasteiger partial charge in [0, 0.05) is 38.1 Å². The zero-order chi connectivity index (χ0) is 26.1. The average molecular weight is 656 g/mol. The highest BCUT2D eigenvalue weighted by atomic mass is 79.9. The number of non-ortho nitro benzene ring substituents is 1.